The van der Waals surface area contributed by atoms with Crippen LogP contribution in [0.15, 0.2) is 5.51 Å². The molecule has 1 aromatic heterocycles. The summed E-state index contributed by atoms with van der Waals surface area (Å²) >= 11 is 1.79. The van der Waals surface area contributed by atoms with E-state index in [0.29, 0.717) is 6.04 Å². The maximum absolute atomic E-state index is 4.56. The molecule has 0 bridgehead atoms. The second-order valence-corrected chi connectivity index (χ2v) is 5.81. The second-order valence-electron chi connectivity index (χ2n) is 4.87. The Bertz CT molecular complexity index is 374. The van der Waals surface area contributed by atoms with E-state index in [1.807, 2.05) is 5.51 Å². The van der Waals surface area contributed by atoms with E-state index in [1.165, 1.54) is 23.5 Å². The maximum Gasteiger partial charge on any atom is 0.0799 e. The summed E-state index contributed by atoms with van der Waals surface area (Å²) in [6, 6.07) is 0.647. The Balaban J connectivity index is 1.90. The maximum atomic E-state index is 4.56. The van der Waals surface area contributed by atoms with Crippen molar-refractivity contribution >= 4 is 11.3 Å². The molecule has 0 aliphatic carbocycles. The fraction of sp³-hybridized carbons (Fsp3) is 0.727. The summed E-state index contributed by atoms with van der Waals surface area (Å²) in [6.45, 7) is 7.89. The van der Waals surface area contributed by atoms with Crippen LogP contribution in [-0.4, -0.2) is 29.0 Å². The van der Waals surface area contributed by atoms with Crippen molar-refractivity contribution in [2.24, 2.45) is 0 Å². The van der Waals surface area contributed by atoms with Gasteiger partial charge in [-0.05, 0) is 20.3 Å². The Hall–Kier alpha value is -0.450. The zero-order valence-corrected chi connectivity index (χ0v) is 10.1. The van der Waals surface area contributed by atoms with Crippen LogP contribution in [0.5, 0.6) is 0 Å². The predicted molar refractivity (Wildman–Crippen MR) is 62.0 cm³/mol. The average Bonchev–Trinajstić information content (AvgIpc) is 2.88. The van der Waals surface area contributed by atoms with Crippen LogP contribution in [0.1, 0.15) is 30.8 Å². The molecule has 3 heterocycles. The number of thiazole rings is 1. The molecule has 3 nitrogen and oxygen atoms in total. The molecular weight excluding hydrogens is 206 g/mol. The Labute approximate surface area is 94.5 Å². The van der Waals surface area contributed by atoms with Gasteiger partial charge in [-0.2, -0.15) is 0 Å². The van der Waals surface area contributed by atoms with Crippen LogP contribution in [0.25, 0.3) is 0 Å². The van der Waals surface area contributed by atoms with Gasteiger partial charge in [0.15, 0.2) is 0 Å². The molecule has 2 aliphatic heterocycles. The zero-order chi connectivity index (χ0) is 10.5. The van der Waals surface area contributed by atoms with Crippen molar-refractivity contribution in [2.75, 3.05) is 13.1 Å². The number of rotatable bonds is 1. The van der Waals surface area contributed by atoms with Gasteiger partial charge in [0.1, 0.15) is 0 Å². The van der Waals surface area contributed by atoms with Crippen molar-refractivity contribution in [3.8, 4) is 0 Å². The molecule has 4 heteroatoms. The second kappa shape index (κ2) is 3.27. The summed E-state index contributed by atoms with van der Waals surface area (Å²) in [4.78, 5) is 8.54. The summed E-state index contributed by atoms with van der Waals surface area (Å²) in [6.07, 6.45) is 1.21. The first kappa shape index (κ1) is 9.75. The minimum Gasteiger partial charge on any atom is -0.300 e. The number of fused-ring (bicyclic) bond motifs is 2. The van der Waals surface area contributed by atoms with E-state index in [0.717, 1.165) is 13.1 Å². The Morgan fingerprint density at radius 3 is 3.20 bits per heavy atom. The number of nitrogens with one attached hydrogen (secondary N) is 1. The van der Waals surface area contributed by atoms with E-state index >= 15 is 0 Å². The van der Waals surface area contributed by atoms with Gasteiger partial charge in [-0.3, -0.25) is 10.2 Å². The van der Waals surface area contributed by atoms with Crippen molar-refractivity contribution in [1.82, 2.24) is 15.2 Å². The first-order chi connectivity index (χ1) is 7.21. The lowest BCUT2D eigenvalue weighted by molar-refractivity contribution is 0.244. The lowest BCUT2D eigenvalue weighted by Gasteiger charge is -2.26. The van der Waals surface area contributed by atoms with E-state index < -0.39 is 0 Å². The van der Waals surface area contributed by atoms with Gasteiger partial charge in [-0.25, -0.2) is 4.98 Å². The lowest BCUT2D eigenvalue weighted by Crippen LogP contribution is -2.41. The molecule has 1 spiro atoms. The highest BCUT2D eigenvalue weighted by Gasteiger charge is 2.46. The van der Waals surface area contributed by atoms with Crippen molar-refractivity contribution < 1.29 is 0 Å². The predicted octanol–water partition coefficient (Wildman–Crippen LogP) is 1.56. The molecule has 1 aromatic rings. The number of nitrogens with zero attached hydrogens (tertiary/aromatic N) is 2. The van der Waals surface area contributed by atoms with Gasteiger partial charge in [-0.15, -0.1) is 11.3 Å². The highest BCUT2D eigenvalue weighted by atomic mass is 32.1. The van der Waals surface area contributed by atoms with Crippen LogP contribution in [0.3, 0.4) is 0 Å². The standard InChI is InChI=1S/C11H17N3S/c1-8(2)14-4-3-11(6-14)10-9(5-13-11)15-7-12-10/h7-8,13H,3-6H2,1-2H3. The molecule has 3 rings (SSSR count). The van der Waals surface area contributed by atoms with Crippen LogP contribution < -0.4 is 5.32 Å². The van der Waals surface area contributed by atoms with Gasteiger partial charge < -0.3 is 0 Å². The van der Waals surface area contributed by atoms with Crippen molar-refractivity contribution in [3.05, 3.63) is 16.1 Å². The highest BCUT2D eigenvalue weighted by molar-refractivity contribution is 7.09. The highest BCUT2D eigenvalue weighted by Crippen LogP contribution is 2.39. The third kappa shape index (κ3) is 1.35. The van der Waals surface area contributed by atoms with E-state index in [2.05, 4.69) is 29.0 Å². The fourth-order valence-corrected chi connectivity index (χ4v) is 3.54. The summed E-state index contributed by atoms with van der Waals surface area (Å²) in [7, 11) is 0. The van der Waals surface area contributed by atoms with Crippen LogP contribution in [-0.2, 0) is 12.1 Å². The smallest absolute Gasteiger partial charge is 0.0799 e. The first-order valence-corrected chi connectivity index (χ1v) is 6.51. The molecule has 1 atom stereocenters. The molecule has 2 aliphatic rings. The summed E-state index contributed by atoms with van der Waals surface area (Å²) in [5, 5.41) is 3.67. The Morgan fingerprint density at radius 1 is 1.60 bits per heavy atom. The first-order valence-electron chi connectivity index (χ1n) is 5.63. The molecule has 1 unspecified atom stereocenters. The van der Waals surface area contributed by atoms with Crippen LogP contribution >= 0.6 is 11.3 Å². The van der Waals surface area contributed by atoms with Crippen LogP contribution in [0.2, 0.25) is 0 Å². The van der Waals surface area contributed by atoms with E-state index in [-0.39, 0.29) is 5.54 Å². The third-order valence-electron chi connectivity index (χ3n) is 3.71. The largest absolute Gasteiger partial charge is 0.300 e. The molecule has 0 amide bonds. The van der Waals surface area contributed by atoms with Crippen molar-refractivity contribution in [2.45, 2.75) is 38.4 Å². The van der Waals surface area contributed by atoms with E-state index in [9.17, 15) is 0 Å². The summed E-state index contributed by atoms with van der Waals surface area (Å²) in [5.74, 6) is 0. The fourth-order valence-electron chi connectivity index (χ4n) is 2.74. The quantitative estimate of drug-likeness (QED) is 0.783. The van der Waals surface area contributed by atoms with Crippen molar-refractivity contribution in [3.63, 3.8) is 0 Å². The van der Waals surface area contributed by atoms with Gasteiger partial charge in [-0.1, -0.05) is 0 Å². The average molecular weight is 223 g/mol. The molecule has 0 saturated carbocycles. The topological polar surface area (TPSA) is 28.2 Å². The molecular formula is C11H17N3S. The molecule has 1 saturated heterocycles. The molecule has 0 aromatic carbocycles. The zero-order valence-electron chi connectivity index (χ0n) is 9.29. The Kier molecular flexibility index (Phi) is 2.13. The summed E-state index contributed by atoms with van der Waals surface area (Å²) in [5.41, 5.74) is 3.50. The molecule has 15 heavy (non-hydrogen) atoms. The van der Waals surface area contributed by atoms with Crippen LogP contribution in [0, 0.1) is 0 Å². The lowest BCUT2D eigenvalue weighted by atomic mass is 9.97. The van der Waals surface area contributed by atoms with Crippen molar-refractivity contribution in [1.29, 1.82) is 0 Å². The Morgan fingerprint density at radius 2 is 2.47 bits per heavy atom. The SMILES string of the molecule is CC(C)N1CCC2(C1)NCc1scnc12. The molecule has 1 fully saturated rings. The van der Waals surface area contributed by atoms with Gasteiger partial charge in [0.25, 0.3) is 0 Å². The minimum absolute atomic E-state index is 0.180. The minimum atomic E-state index is 0.180. The van der Waals surface area contributed by atoms with Crippen LogP contribution in [0.4, 0.5) is 0 Å². The van der Waals surface area contributed by atoms with E-state index in [4.69, 9.17) is 0 Å². The number of hydrogen-bond donors (Lipinski definition) is 1. The number of aromatic nitrogens is 1. The van der Waals surface area contributed by atoms with Gasteiger partial charge >= 0.3 is 0 Å². The van der Waals surface area contributed by atoms with Gasteiger partial charge in [0.05, 0.1) is 16.7 Å². The molecule has 82 valence electrons. The number of likely N-dealkylation sites (tertiary alicyclic amines) is 1. The summed E-state index contributed by atoms with van der Waals surface area (Å²) < 4.78 is 0. The van der Waals surface area contributed by atoms with Gasteiger partial charge in [0.2, 0.25) is 0 Å². The normalized spacial score (nSPS) is 30.6. The van der Waals surface area contributed by atoms with Gasteiger partial charge in [0, 0.05) is 30.6 Å². The van der Waals surface area contributed by atoms with E-state index in [1.54, 1.807) is 11.3 Å². The third-order valence-corrected chi connectivity index (χ3v) is 4.54. The number of hydrogen-bond acceptors (Lipinski definition) is 4. The monoisotopic (exact) mass is 223 g/mol. The molecule has 0 radical (unpaired) electrons. The molecule has 1 N–H and O–H groups in total.